The first-order valence-electron chi connectivity index (χ1n) is 13.9. The lowest BCUT2D eigenvalue weighted by Gasteiger charge is -2.38. The van der Waals surface area contributed by atoms with E-state index in [2.05, 4.69) is 85.2 Å². The molecule has 0 amide bonds. The van der Waals surface area contributed by atoms with E-state index in [1.807, 2.05) is 32.9 Å². The number of hydrogen-bond donors (Lipinski definition) is 1. The third kappa shape index (κ3) is 6.58. The van der Waals surface area contributed by atoms with Crippen LogP contribution in [-0.2, 0) is 6.54 Å². The first kappa shape index (κ1) is 29.0. The average Bonchev–Trinajstić information content (AvgIpc) is 3.23. The molecule has 2 heterocycles. The largest absolute Gasteiger partial charge is 0.544 e. The highest BCUT2D eigenvalue weighted by Gasteiger charge is 2.39. The molecule has 8 nitrogen and oxygen atoms in total. The van der Waals surface area contributed by atoms with Crippen LogP contribution in [0.1, 0.15) is 41.5 Å². The smallest absolute Gasteiger partial charge is 0.350 e. The molecule has 0 radical (unpaired) electrons. The van der Waals surface area contributed by atoms with Crippen molar-refractivity contribution in [3.8, 4) is 11.4 Å². The van der Waals surface area contributed by atoms with Crippen LogP contribution >= 0.6 is 0 Å². The lowest BCUT2D eigenvalue weighted by Crippen LogP contribution is -2.46. The molecule has 1 N–H and O–H groups in total. The molecule has 39 heavy (non-hydrogen) atoms. The van der Waals surface area contributed by atoms with Crippen molar-refractivity contribution in [2.75, 3.05) is 36.0 Å². The predicted octanol–water partition coefficient (Wildman–Crippen LogP) is 5.15. The standard InChI is InChI=1S/C30H45N5O3Si/c1-29(2,3)27(36)21-35-28(37)34(22-31-35)25-11-9-23(10-12-25)32-17-19-33(20-18-32)24-13-15-26(16-14-24)38-39(7,8)30(4,5)6/h9-16,22,27,36H,17-21H2,1-8H3. The highest BCUT2D eigenvalue weighted by molar-refractivity contribution is 6.74. The molecule has 1 unspecified atom stereocenters. The van der Waals surface area contributed by atoms with E-state index < -0.39 is 14.4 Å². The zero-order chi connectivity index (χ0) is 28.6. The molecular weight excluding hydrogens is 506 g/mol. The molecule has 1 saturated heterocycles. The zero-order valence-electron chi connectivity index (χ0n) is 24.8. The number of benzene rings is 2. The van der Waals surface area contributed by atoms with Gasteiger partial charge in [0, 0.05) is 37.6 Å². The van der Waals surface area contributed by atoms with Gasteiger partial charge in [-0.2, -0.15) is 5.10 Å². The Morgan fingerprint density at radius 2 is 1.31 bits per heavy atom. The summed E-state index contributed by atoms with van der Waals surface area (Å²) in [5, 5.41) is 14.8. The number of aromatic nitrogens is 3. The lowest BCUT2D eigenvalue weighted by atomic mass is 9.89. The van der Waals surface area contributed by atoms with Gasteiger partial charge in [0.1, 0.15) is 12.1 Å². The average molecular weight is 552 g/mol. The minimum absolute atomic E-state index is 0.171. The van der Waals surface area contributed by atoms with Crippen molar-refractivity contribution in [1.82, 2.24) is 14.3 Å². The van der Waals surface area contributed by atoms with Crippen molar-refractivity contribution in [2.24, 2.45) is 5.41 Å². The number of hydrogen-bond acceptors (Lipinski definition) is 6. The maximum atomic E-state index is 12.9. The summed E-state index contributed by atoms with van der Waals surface area (Å²) in [4.78, 5) is 17.6. The van der Waals surface area contributed by atoms with Crippen molar-refractivity contribution in [3.63, 3.8) is 0 Å². The Labute approximate surface area is 234 Å². The topological polar surface area (TPSA) is 75.8 Å². The van der Waals surface area contributed by atoms with Crippen LogP contribution in [0.25, 0.3) is 5.69 Å². The molecule has 212 valence electrons. The van der Waals surface area contributed by atoms with Crippen molar-refractivity contribution in [1.29, 1.82) is 0 Å². The Morgan fingerprint density at radius 3 is 1.77 bits per heavy atom. The first-order valence-corrected chi connectivity index (χ1v) is 16.8. The second kappa shape index (κ2) is 10.8. The van der Waals surface area contributed by atoms with Crippen LogP contribution in [0.5, 0.6) is 5.75 Å². The van der Waals surface area contributed by atoms with Crippen LogP contribution in [0.3, 0.4) is 0 Å². The number of aliphatic hydroxyl groups excluding tert-OH is 1. The number of nitrogens with zero attached hydrogens (tertiary/aromatic N) is 5. The lowest BCUT2D eigenvalue weighted by molar-refractivity contribution is 0.0440. The molecule has 0 bridgehead atoms. The van der Waals surface area contributed by atoms with Gasteiger partial charge in [0.25, 0.3) is 0 Å². The SMILES string of the molecule is CC(C)(C)C(O)Cn1ncn(-c2ccc(N3CCN(c4ccc(O[Si](C)(C)C(C)(C)C)cc4)CC3)cc2)c1=O. The van der Waals surface area contributed by atoms with Crippen LogP contribution in [-0.4, -0.2) is 60.1 Å². The Balaban J connectivity index is 1.35. The summed E-state index contributed by atoms with van der Waals surface area (Å²) >= 11 is 0. The molecule has 9 heteroatoms. The highest BCUT2D eigenvalue weighted by Crippen LogP contribution is 2.37. The van der Waals surface area contributed by atoms with Gasteiger partial charge in [-0.25, -0.2) is 14.0 Å². The molecule has 1 aromatic heterocycles. The molecule has 0 aliphatic carbocycles. The third-order valence-electron chi connectivity index (χ3n) is 8.23. The van der Waals surface area contributed by atoms with E-state index in [0.29, 0.717) is 0 Å². The van der Waals surface area contributed by atoms with Crippen LogP contribution in [0.15, 0.2) is 59.7 Å². The molecule has 1 aliphatic heterocycles. The molecule has 0 saturated carbocycles. The van der Waals surface area contributed by atoms with Gasteiger partial charge < -0.3 is 19.3 Å². The fourth-order valence-corrected chi connectivity index (χ4v) is 5.33. The van der Waals surface area contributed by atoms with E-state index in [4.69, 9.17) is 4.43 Å². The zero-order valence-corrected chi connectivity index (χ0v) is 25.8. The quantitative estimate of drug-likeness (QED) is 0.409. The summed E-state index contributed by atoms with van der Waals surface area (Å²) in [6.45, 7) is 21.0. The molecule has 3 aromatic rings. The summed E-state index contributed by atoms with van der Waals surface area (Å²) in [6.07, 6.45) is 0.863. The van der Waals surface area contributed by atoms with Crippen LogP contribution in [0, 0.1) is 5.41 Å². The minimum Gasteiger partial charge on any atom is -0.544 e. The number of piperazine rings is 1. The second-order valence-electron chi connectivity index (χ2n) is 13.2. The maximum Gasteiger partial charge on any atom is 0.350 e. The van der Waals surface area contributed by atoms with Crippen LogP contribution in [0.4, 0.5) is 11.4 Å². The molecule has 2 aromatic carbocycles. The van der Waals surface area contributed by atoms with Gasteiger partial charge in [0.2, 0.25) is 8.32 Å². The Bertz CT molecular complexity index is 1290. The van der Waals surface area contributed by atoms with E-state index in [-0.39, 0.29) is 22.7 Å². The van der Waals surface area contributed by atoms with Gasteiger partial charge in [-0.15, -0.1) is 0 Å². The van der Waals surface area contributed by atoms with E-state index in [1.165, 1.54) is 21.3 Å². The van der Waals surface area contributed by atoms with Crippen molar-refractivity contribution >= 4 is 19.7 Å². The third-order valence-corrected chi connectivity index (χ3v) is 12.6. The summed E-state index contributed by atoms with van der Waals surface area (Å²) in [6, 6.07) is 16.6. The fraction of sp³-hybridized carbons (Fsp3) is 0.533. The van der Waals surface area contributed by atoms with E-state index in [1.54, 1.807) is 0 Å². The van der Waals surface area contributed by atoms with Gasteiger partial charge >= 0.3 is 5.69 Å². The fourth-order valence-electron chi connectivity index (χ4n) is 4.30. The molecule has 1 aliphatic rings. The van der Waals surface area contributed by atoms with Gasteiger partial charge in [0.15, 0.2) is 0 Å². The Kier molecular flexibility index (Phi) is 8.05. The summed E-state index contributed by atoms with van der Waals surface area (Å²) in [5.74, 6) is 0.957. The maximum absolute atomic E-state index is 12.9. The number of anilines is 2. The molecular formula is C30H45N5O3Si. The summed E-state index contributed by atoms with van der Waals surface area (Å²) < 4.78 is 9.29. The second-order valence-corrected chi connectivity index (χ2v) is 17.9. The van der Waals surface area contributed by atoms with Gasteiger partial charge in [-0.05, 0) is 72.1 Å². The monoisotopic (exact) mass is 551 g/mol. The van der Waals surface area contributed by atoms with Gasteiger partial charge in [-0.3, -0.25) is 0 Å². The number of rotatable bonds is 7. The minimum atomic E-state index is -1.84. The van der Waals surface area contributed by atoms with Crippen molar-refractivity contribution in [3.05, 3.63) is 65.3 Å². The van der Waals surface area contributed by atoms with Gasteiger partial charge in [-0.1, -0.05) is 41.5 Å². The molecule has 0 spiro atoms. The van der Waals surface area contributed by atoms with Crippen molar-refractivity contribution < 1.29 is 9.53 Å². The first-order chi connectivity index (χ1) is 18.2. The number of aliphatic hydroxyl groups is 1. The van der Waals surface area contributed by atoms with Crippen molar-refractivity contribution in [2.45, 2.75) is 72.3 Å². The van der Waals surface area contributed by atoms with E-state index in [9.17, 15) is 9.90 Å². The van der Waals surface area contributed by atoms with Crippen LogP contribution < -0.4 is 19.9 Å². The summed E-state index contributed by atoms with van der Waals surface area (Å²) in [5.41, 5.74) is 2.55. The highest BCUT2D eigenvalue weighted by atomic mass is 28.4. The summed E-state index contributed by atoms with van der Waals surface area (Å²) in [7, 11) is -1.84. The predicted molar refractivity (Wildman–Crippen MR) is 162 cm³/mol. The molecule has 1 atom stereocenters. The molecule has 1 fully saturated rings. The Hall–Kier alpha value is -3.04. The normalized spacial score (nSPS) is 15.9. The van der Waals surface area contributed by atoms with E-state index in [0.717, 1.165) is 43.3 Å². The van der Waals surface area contributed by atoms with Gasteiger partial charge in [0.05, 0.1) is 18.3 Å². The molecule has 4 rings (SSSR count). The Morgan fingerprint density at radius 1 is 0.846 bits per heavy atom. The van der Waals surface area contributed by atoms with Crippen LogP contribution in [0.2, 0.25) is 18.1 Å². The van der Waals surface area contributed by atoms with E-state index >= 15 is 0 Å².